The number of aliphatic imine (C=N–C) groups is 1. The molecule has 7 heteroatoms. The highest BCUT2D eigenvalue weighted by Crippen LogP contribution is 2.09. The lowest BCUT2D eigenvalue weighted by atomic mass is 10.3. The minimum Gasteiger partial charge on any atom is -0.475 e. The third-order valence-corrected chi connectivity index (χ3v) is 3.25. The van der Waals surface area contributed by atoms with E-state index in [1.165, 1.54) is 0 Å². The lowest BCUT2D eigenvalue weighted by Crippen LogP contribution is -2.37. The van der Waals surface area contributed by atoms with Crippen LogP contribution in [0, 0.1) is 0 Å². The molecule has 2 aromatic heterocycles. The van der Waals surface area contributed by atoms with Crippen molar-refractivity contribution in [3.63, 3.8) is 0 Å². The zero-order valence-corrected chi connectivity index (χ0v) is 14.6. The normalized spacial score (nSPS) is 11.6. The van der Waals surface area contributed by atoms with E-state index in [2.05, 4.69) is 25.7 Å². The van der Waals surface area contributed by atoms with E-state index < -0.39 is 0 Å². The molecule has 0 aromatic carbocycles. The van der Waals surface area contributed by atoms with Gasteiger partial charge in [-0.15, -0.1) is 0 Å². The van der Waals surface area contributed by atoms with E-state index in [-0.39, 0.29) is 6.10 Å². The van der Waals surface area contributed by atoms with Crippen molar-refractivity contribution in [3.05, 3.63) is 42.4 Å². The summed E-state index contributed by atoms with van der Waals surface area (Å²) in [5.74, 6) is 1.42. The molecular weight excluding hydrogens is 304 g/mol. The van der Waals surface area contributed by atoms with Crippen LogP contribution in [0.15, 0.2) is 41.8 Å². The van der Waals surface area contributed by atoms with Crippen LogP contribution >= 0.6 is 0 Å². The molecule has 130 valence electrons. The van der Waals surface area contributed by atoms with Gasteiger partial charge in [-0.05, 0) is 31.9 Å². The Bertz CT molecular complexity index is 607. The van der Waals surface area contributed by atoms with Gasteiger partial charge in [-0.1, -0.05) is 6.07 Å². The van der Waals surface area contributed by atoms with E-state index in [0.29, 0.717) is 12.4 Å². The SMILES string of the molecule is CN=C(NCCCn1cccn1)NCc1ccc(OC(C)C)nc1. The van der Waals surface area contributed by atoms with Crippen molar-refractivity contribution >= 4 is 5.96 Å². The van der Waals surface area contributed by atoms with Crippen molar-refractivity contribution in [2.45, 2.75) is 39.5 Å². The van der Waals surface area contributed by atoms with Crippen LogP contribution in [0.25, 0.3) is 0 Å². The maximum Gasteiger partial charge on any atom is 0.213 e. The molecule has 0 bridgehead atoms. The minimum absolute atomic E-state index is 0.131. The molecule has 2 aromatic rings. The molecule has 0 radical (unpaired) electrons. The third-order valence-electron chi connectivity index (χ3n) is 3.25. The number of nitrogens with zero attached hydrogens (tertiary/aromatic N) is 4. The Balaban J connectivity index is 1.69. The van der Waals surface area contributed by atoms with E-state index >= 15 is 0 Å². The molecule has 0 amide bonds. The standard InChI is InChI=1S/C17H26N6O/c1-14(2)24-16-7-6-15(12-20-16)13-21-17(18-3)19-8-4-10-23-11-5-9-22-23/h5-7,9,11-12,14H,4,8,10,13H2,1-3H3,(H2,18,19,21). The maximum atomic E-state index is 5.54. The number of aromatic nitrogens is 3. The Kier molecular flexibility index (Phi) is 7.07. The van der Waals surface area contributed by atoms with Crippen molar-refractivity contribution in [1.29, 1.82) is 0 Å². The zero-order valence-electron chi connectivity index (χ0n) is 14.6. The van der Waals surface area contributed by atoms with Crippen LogP contribution in [0.1, 0.15) is 25.8 Å². The molecule has 7 nitrogen and oxygen atoms in total. The summed E-state index contributed by atoms with van der Waals surface area (Å²) in [4.78, 5) is 8.52. The lowest BCUT2D eigenvalue weighted by Gasteiger charge is -2.12. The molecule has 24 heavy (non-hydrogen) atoms. The van der Waals surface area contributed by atoms with Crippen LogP contribution in [0.4, 0.5) is 0 Å². The van der Waals surface area contributed by atoms with Gasteiger partial charge in [-0.3, -0.25) is 9.67 Å². The van der Waals surface area contributed by atoms with Gasteiger partial charge >= 0.3 is 0 Å². The van der Waals surface area contributed by atoms with E-state index in [1.54, 1.807) is 13.2 Å². The Morgan fingerprint density at radius 2 is 2.21 bits per heavy atom. The number of rotatable bonds is 8. The topological polar surface area (TPSA) is 76.4 Å². The van der Waals surface area contributed by atoms with Crippen molar-refractivity contribution in [3.8, 4) is 5.88 Å². The summed E-state index contributed by atoms with van der Waals surface area (Å²) >= 11 is 0. The van der Waals surface area contributed by atoms with Crippen LogP contribution in [0.2, 0.25) is 0 Å². The minimum atomic E-state index is 0.131. The van der Waals surface area contributed by atoms with Gasteiger partial charge in [0.1, 0.15) is 0 Å². The number of nitrogens with one attached hydrogen (secondary N) is 2. The van der Waals surface area contributed by atoms with E-state index in [4.69, 9.17) is 4.74 Å². The van der Waals surface area contributed by atoms with Crippen molar-refractivity contribution in [1.82, 2.24) is 25.4 Å². The lowest BCUT2D eigenvalue weighted by molar-refractivity contribution is 0.232. The summed E-state index contributed by atoms with van der Waals surface area (Å²) in [5.41, 5.74) is 1.07. The molecule has 0 aliphatic rings. The first kappa shape index (κ1) is 17.8. The molecule has 0 saturated heterocycles. The molecule has 0 aliphatic heterocycles. The number of pyridine rings is 1. The van der Waals surface area contributed by atoms with Gasteiger partial charge in [0.15, 0.2) is 5.96 Å². The van der Waals surface area contributed by atoms with Gasteiger partial charge in [0.25, 0.3) is 0 Å². The van der Waals surface area contributed by atoms with Gasteiger partial charge in [-0.2, -0.15) is 5.10 Å². The molecule has 0 fully saturated rings. The summed E-state index contributed by atoms with van der Waals surface area (Å²) in [6.45, 7) is 6.35. The fraction of sp³-hybridized carbons (Fsp3) is 0.471. The number of hydrogen-bond donors (Lipinski definition) is 2. The van der Waals surface area contributed by atoms with E-state index in [0.717, 1.165) is 31.0 Å². The van der Waals surface area contributed by atoms with Crippen LogP contribution < -0.4 is 15.4 Å². The molecule has 0 atom stereocenters. The van der Waals surface area contributed by atoms with E-state index in [9.17, 15) is 0 Å². The van der Waals surface area contributed by atoms with Crippen molar-refractivity contribution in [2.75, 3.05) is 13.6 Å². The first-order valence-corrected chi connectivity index (χ1v) is 8.21. The molecule has 2 rings (SSSR count). The fourth-order valence-electron chi connectivity index (χ4n) is 2.11. The van der Waals surface area contributed by atoms with Crippen LogP contribution in [0.5, 0.6) is 5.88 Å². The molecule has 0 unspecified atom stereocenters. The van der Waals surface area contributed by atoms with Crippen molar-refractivity contribution < 1.29 is 4.74 Å². The molecule has 0 spiro atoms. The highest BCUT2D eigenvalue weighted by Gasteiger charge is 2.01. The number of ether oxygens (including phenoxy) is 1. The second-order valence-electron chi connectivity index (χ2n) is 5.65. The second-order valence-corrected chi connectivity index (χ2v) is 5.65. The average Bonchev–Trinajstić information content (AvgIpc) is 3.08. The summed E-state index contributed by atoms with van der Waals surface area (Å²) in [7, 11) is 1.76. The Morgan fingerprint density at radius 1 is 1.33 bits per heavy atom. The highest BCUT2D eigenvalue weighted by molar-refractivity contribution is 5.79. The van der Waals surface area contributed by atoms with Gasteiger partial charge in [-0.25, -0.2) is 4.98 Å². The predicted molar refractivity (Wildman–Crippen MR) is 95.0 cm³/mol. The highest BCUT2D eigenvalue weighted by atomic mass is 16.5. The number of guanidine groups is 1. The largest absolute Gasteiger partial charge is 0.475 e. The monoisotopic (exact) mass is 330 g/mol. The van der Waals surface area contributed by atoms with Gasteiger partial charge in [0, 0.05) is 51.3 Å². The summed E-state index contributed by atoms with van der Waals surface area (Å²) in [6, 6.07) is 5.82. The second kappa shape index (κ2) is 9.54. The fourth-order valence-corrected chi connectivity index (χ4v) is 2.11. The van der Waals surface area contributed by atoms with Crippen LogP contribution in [-0.2, 0) is 13.1 Å². The molecule has 2 heterocycles. The third kappa shape index (κ3) is 6.28. The maximum absolute atomic E-state index is 5.54. The molecular formula is C17H26N6O. The first-order valence-electron chi connectivity index (χ1n) is 8.21. The van der Waals surface area contributed by atoms with Gasteiger partial charge in [0.05, 0.1) is 6.10 Å². The Hall–Kier alpha value is -2.57. The smallest absolute Gasteiger partial charge is 0.213 e. The average molecular weight is 330 g/mol. The summed E-state index contributed by atoms with van der Waals surface area (Å²) in [5, 5.41) is 10.7. The van der Waals surface area contributed by atoms with Crippen molar-refractivity contribution in [2.24, 2.45) is 4.99 Å². The number of hydrogen-bond acceptors (Lipinski definition) is 4. The molecule has 2 N–H and O–H groups in total. The number of aryl methyl sites for hydroxylation is 1. The zero-order chi connectivity index (χ0) is 17.2. The molecule has 0 saturated carbocycles. The quantitative estimate of drug-likeness (QED) is 0.439. The van der Waals surface area contributed by atoms with Crippen LogP contribution in [0.3, 0.4) is 0 Å². The van der Waals surface area contributed by atoms with Gasteiger partial charge < -0.3 is 15.4 Å². The predicted octanol–water partition coefficient (Wildman–Crippen LogP) is 1.82. The van der Waals surface area contributed by atoms with Gasteiger partial charge in [0.2, 0.25) is 5.88 Å². The Labute approximate surface area is 143 Å². The molecule has 0 aliphatic carbocycles. The summed E-state index contributed by atoms with van der Waals surface area (Å²) in [6.07, 6.45) is 6.68. The summed E-state index contributed by atoms with van der Waals surface area (Å²) < 4.78 is 7.46. The Morgan fingerprint density at radius 3 is 2.83 bits per heavy atom. The van der Waals surface area contributed by atoms with Crippen LogP contribution in [-0.4, -0.2) is 40.4 Å². The van der Waals surface area contributed by atoms with E-state index in [1.807, 2.05) is 49.1 Å². The first-order chi connectivity index (χ1) is 11.7.